The molecule has 1 aromatic rings. The van der Waals surface area contributed by atoms with E-state index in [0.717, 1.165) is 34.0 Å². The Morgan fingerprint density at radius 1 is 1.55 bits per heavy atom. The molecule has 1 aliphatic rings. The highest BCUT2D eigenvalue weighted by Crippen LogP contribution is 2.30. The molecule has 1 aliphatic heterocycles. The van der Waals surface area contributed by atoms with Crippen LogP contribution in [0.2, 0.25) is 0 Å². The van der Waals surface area contributed by atoms with Crippen LogP contribution in [0.1, 0.15) is 11.1 Å². The van der Waals surface area contributed by atoms with E-state index >= 15 is 0 Å². The summed E-state index contributed by atoms with van der Waals surface area (Å²) in [6.45, 7) is 4.17. The zero-order valence-electron chi connectivity index (χ0n) is 11.4. The SMILES string of the molecule is COc1c(C)cc(N=C=S)cc1C(=S)C1CNCCO1. The molecule has 1 fully saturated rings. The maximum atomic E-state index is 5.71. The highest BCUT2D eigenvalue weighted by molar-refractivity contribution is 7.81. The Kier molecular flexibility index (Phi) is 5.34. The summed E-state index contributed by atoms with van der Waals surface area (Å²) in [5.41, 5.74) is 2.51. The Hall–Kier alpha value is -1.17. The Balaban J connectivity index is 2.41. The number of hydrogen-bond acceptors (Lipinski definition) is 6. The van der Waals surface area contributed by atoms with E-state index in [1.165, 1.54) is 0 Å². The second-order valence-electron chi connectivity index (χ2n) is 4.47. The first kappa shape index (κ1) is 15.2. The summed E-state index contributed by atoms with van der Waals surface area (Å²) in [6, 6.07) is 3.76. The largest absolute Gasteiger partial charge is 0.496 e. The monoisotopic (exact) mass is 308 g/mol. The molecule has 6 heteroatoms. The fraction of sp³-hybridized carbons (Fsp3) is 0.429. The molecule has 1 saturated heterocycles. The van der Waals surface area contributed by atoms with Crippen LogP contribution in [0.4, 0.5) is 5.69 Å². The minimum absolute atomic E-state index is 0.126. The molecule has 0 saturated carbocycles. The van der Waals surface area contributed by atoms with E-state index in [4.69, 9.17) is 21.7 Å². The average Bonchev–Trinajstić information content (AvgIpc) is 2.47. The third-order valence-corrected chi connectivity index (χ3v) is 3.70. The molecule has 2 rings (SSSR count). The normalized spacial score (nSPS) is 18.2. The van der Waals surface area contributed by atoms with Crippen LogP contribution in [0.15, 0.2) is 17.1 Å². The molecule has 1 atom stereocenters. The van der Waals surface area contributed by atoms with Gasteiger partial charge in [0.1, 0.15) is 11.9 Å². The lowest BCUT2D eigenvalue weighted by molar-refractivity contribution is 0.0728. The van der Waals surface area contributed by atoms with Crippen LogP contribution < -0.4 is 10.1 Å². The number of isothiocyanates is 1. The molecule has 0 radical (unpaired) electrons. The topological polar surface area (TPSA) is 42.8 Å². The van der Waals surface area contributed by atoms with Crippen LogP contribution in [0.5, 0.6) is 5.75 Å². The van der Waals surface area contributed by atoms with Crippen molar-refractivity contribution in [3.63, 3.8) is 0 Å². The van der Waals surface area contributed by atoms with Crippen LogP contribution in [0.3, 0.4) is 0 Å². The van der Waals surface area contributed by atoms with Gasteiger partial charge in [0.05, 0.1) is 29.4 Å². The first-order valence-electron chi connectivity index (χ1n) is 6.30. The first-order chi connectivity index (χ1) is 9.67. The van der Waals surface area contributed by atoms with Crippen LogP contribution in [0.25, 0.3) is 0 Å². The van der Waals surface area contributed by atoms with E-state index in [1.807, 2.05) is 19.1 Å². The summed E-state index contributed by atoms with van der Waals surface area (Å²) in [6.07, 6.45) is -0.126. The van der Waals surface area contributed by atoms with Gasteiger partial charge in [-0.1, -0.05) is 12.2 Å². The number of nitrogens with zero attached hydrogens (tertiary/aromatic N) is 1. The average molecular weight is 308 g/mol. The van der Waals surface area contributed by atoms with Gasteiger partial charge in [-0.2, -0.15) is 4.99 Å². The van der Waals surface area contributed by atoms with Crippen molar-refractivity contribution in [2.45, 2.75) is 13.0 Å². The van der Waals surface area contributed by atoms with Crippen molar-refractivity contribution in [2.24, 2.45) is 4.99 Å². The van der Waals surface area contributed by atoms with E-state index in [2.05, 4.69) is 27.7 Å². The summed E-state index contributed by atoms with van der Waals surface area (Å²) in [5, 5.41) is 5.65. The van der Waals surface area contributed by atoms with Gasteiger partial charge in [-0.3, -0.25) is 0 Å². The quantitative estimate of drug-likeness (QED) is 0.526. The Bertz CT molecular complexity index is 563. The van der Waals surface area contributed by atoms with Crippen molar-refractivity contribution in [3.8, 4) is 5.75 Å². The first-order valence-corrected chi connectivity index (χ1v) is 7.12. The third-order valence-electron chi connectivity index (χ3n) is 3.12. The lowest BCUT2D eigenvalue weighted by atomic mass is 10.0. The summed E-state index contributed by atoms with van der Waals surface area (Å²) >= 11 is 10.2. The predicted octanol–water partition coefficient (Wildman–Crippen LogP) is 2.44. The summed E-state index contributed by atoms with van der Waals surface area (Å²) in [4.78, 5) is 4.75. The van der Waals surface area contributed by atoms with Gasteiger partial charge in [0.2, 0.25) is 0 Å². The van der Waals surface area contributed by atoms with Crippen molar-refractivity contribution in [1.82, 2.24) is 5.32 Å². The van der Waals surface area contributed by atoms with Gasteiger partial charge in [-0.15, -0.1) is 0 Å². The van der Waals surface area contributed by atoms with E-state index < -0.39 is 0 Å². The van der Waals surface area contributed by atoms with Crippen LogP contribution in [-0.4, -0.2) is 42.9 Å². The van der Waals surface area contributed by atoms with Gasteiger partial charge >= 0.3 is 0 Å². The van der Waals surface area contributed by atoms with E-state index in [-0.39, 0.29) is 6.10 Å². The lowest BCUT2D eigenvalue weighted by Gasteiger charge is -2.25. The minimum atomic E-state index is -0.126. The molecule has 1 N–H and O–H groups in total. The molecule has 0 bridgehead atoms. The second-order valence-corrected chi connectivity index (χ2v) is 5.10. The third kappa shape index (κ3) is 3.29. The van der Waals surface area contributed by atoms with E-state index in [9.17, 15) is 0 Å². The molecule has 0 amide bonds. The number of aryl methyl sites for hydroxylation is 1. The number of benzene rings is 1. The number of thiocarbonyl (C=S) groups is 2. The van der Waals surface area contributed by atoms with Crippen molar-refractivity contribution in [2.75, 3.05) is 26.8 Å². The van der Waals surface area contributed by atoms with Gasteiger partial charge in [-0.05, 0) is 36.8 Å². The van der Waals surface area contributed by atoms with Gasteiger partial charge in [0.25, 0.3) is 0 Å². The lowest BCUT2D eigenvalue weighted by Crippen LogP contribution is -2.42. The molecule has 0 spiro atoms. The van der Waals surface area contributed by atoms with E-state index in [1.54, 1.807) is 7.11 Å². The molecular formula is C14H16N2O2S2. The molecule has 1 heterocycles. The Morgan fingerprint density at radius 3 is 2.95 bits per heavy atom. The van der Waals surface area contributed by atoms with Gasteiger partial charge in [0, 0.05) is 18.7 Å². The molecule has 0 aromatic heterocycles. The number of rotatable bonds is 4. The molecule has 0 aliphatic carbocycles. The second kappa shape index (κ2) is 7.02. The van der Waals surface area contributed by atoms with Crippen molar-refractivity contribution in [1.29, 1.82) is 0 Å². The summed E-state index contributed by atoms with van der Waals surface area (Å²) in [5.74, 6) is 0.757. The van der Waals surface area contributed by atoms with Crippen LogP contribution in [0, 0.1) is 6.92 Å². The van der Waals surface area contributed by atoms with Crippen molar-refractivity contribution < 1.29 is 9.47 Å². The highest BCUT2D eigenvalue weighted by Gasteiger charge is 2.23. The summed E-state index contributed by atoms with van der Waals surface area (Å²) in [7, 11) is 1.64. The van der Waals surface area contributed by atoms with Crippen molar-refractivity contribution in [3.05, 3.63) is 23.3 Å². The Morgan fingerprint density at radius 2 is 2.35 bits per heavy atom. The number of ether oxygens (including phenoxy) is 2. The summed E-state index contributed by atoms with van der Waals surface area (Å²) < 4.78 is 11.2. The maximum Gasteiger partial charge on any atom is 0.130 e. The number of aliphatic imine (C=N–C) groups is 1. The van der Waals surface area contributed by atoms with Gasteiger partial charge in [-0.25, -0.2) is 0 Å². The highest BCUT2D eigenvalue weighted by atomic mass is 32.1. The van der Waals surface area contributed by atoms with Gasteiger partial charge < -0.3 is 14.8 Å². The van der Waals surface area contributed by atoms with Crippen molar-refractivity contribution >= 4 is 40.1 Å². The fourth-order valence-corrected chi connectivity index (χ4v) is 2.64. The molecule has 4 nitrogen and oxygen atoms in total. The van der Waals surface area contributed by atoms with E-state index in [0.29, 0.717) is 13.2 Å². The smallest absolute Gasteiger partial charge is 0.130 e. The standard InChI is InChI=1S/C14H16N2O2S2/c1-9-5-10(16-8-19)6-11(13(9)17-2)14(20)12-7-15-3-4-18-12/h5-6,12,15H,3-4,7H2,1-2H3. The zero-order chi connectivity index (χ0) is 14.5. The maximum absolute atomic E-state index is 5.71. The van der Waals surface area contributed by atoms with Crippen LogP contribution >= 0.6 is 24.4 Å². The molecule has 20 heavy (non-hydrogen) atoms. The predicted molar refractivity (Wildman–Crippen MR) is 86.7 cm³/mol. The number of hydrogen-bond donors (Lipinski definition) is 1. The number of methoxy groups -OCH3 is 1. The number of nitrogens with one attached hydrogen (secondary N) is 1. The van der Waals surface area contributed by atoms with Gasteiger partial charge in [0.15, 0.2) is 0 Å². The number of morpholine rings is 1. The molecular weight excluding hydrogens is 292 g/mol. The molecule has 1 unspecified atom stereocenters. The van der Waals surface area contributed by atoms with Crippen LogP contribution in [-0.2, 0) is 4.74 Å². The molecule has 1 aromatic carbocycles. The fourth-order valence-electron chi connectivity index (χ4n) is 2.23. The molecule has 106 valence electrons. The Labute approximate surface area is 129 Å². The zero-order valence-corrected chi connectivity index (χ0v) is 13.1. The minimum Gasteiger partial charge on any atom is -0.496 e.